The van der Waals surface area contributed by atoms with Crippen LogP contribution in [0.4, 0.5) is 5.82 Å². The van der Waals surface area contributed by atoms with Gasteiger partial charge in [0, 0.05) is 35.8 Å². The Morgan fingerprint density at radius 3 is 2.67 bits per heavy atom. The van der Waals surface area contributed by atoms with Crippen LogP contribution in [0.15, 0.2) is 48.7 Å². The van der Waals surface area contributed by atoms with Crippen molar-refractivity contribution in [1.29, 1.82) is 0 Å². The molecule has 3 aromatic rings. The molecule has 1 aromatic carbocycles. The number of aromatic amines is 1. The van der Waals surface area contributed by atoms with Crippen molar-refractivity contribution in [2.75, 3.05) is 38.2 Å². The Bertz CT molecular complexity index is 1080. The summed E-state index contributed by atoms with van der Waals surface area (Å²) in [5.41, 5.74) is 8.16. The van der Waals surface area contributed by atoms with Gasteiger partial charge in [-0.3, -0.25) is 14.5 Å². The van der Waals surface area contributed by atoms with Crippen molar-refractivity contribution in [3.63, 3.8) is 0 Å². The summed E-state index contributed by atoms with van der Waals surface area (Å²) in [6.45, 7) is 3.09. The SMILES string of the molecule is NC(=O)C(=Cc1c[nH]c2nc(NC(=O)CN3CCOCC3)ccc12)c1ccccc1. The molecule has 0 saturated carbocycles. The van der Waals surface area contributed by atoms with E-state index < -0.39 is 5.91 Å². The van der Waals surface area contributed by atoms with Gasteiger partial charge in [-0.1, -0.05) is 30.3 Å². The van der Waals surface area contributed by atoms with Crippen LogP contribution in [-0.4, -0.2) is 59.5 Å². The fraction of sp³-hybridized carbons (Fsp3) is 0.227. The largest absolute Gasteiger partial charge is 0.379 e. The molecule has 1 saturated heterocycles. The molecule has 2 amide bonds. The number of hydrogen-bond acceptors (Lipinski definition) is 5. The Kier molecular flexibility index (Phi) is 5.87. The zero-order valence-corrected chi connectivity index (χ0v) is 16.4. The molecule has 1 aliphatic rings. The lowest BCUT2D eigenvalue weighted by molar-refractivity contribution is -0.118. The van der Waals surface area contributed by atoms with Crippen molar-refractivity contribution in [2.24, 2.45) is 5.73 Å². The normalized spacial score (nSPS) is 15.3. The van der Waals surface area contributed by atoms with Gasteiger partial charge in [-0.15, -0.1) is 0 Å². The van der Waals surface area contributed by atoms with Crippen LogP contribution < -0.4 is 11.1 Å². The predicted molar refractivity (Wildman–Crippen MR) is 115 cm³/mol. The number of pyridine rings is 1. The molecule has 3 heterocycles. The van der Waals surface area contributed by atoms with Crippen molar-refractivity contribution in [2.45, 2.75) is 0 Å². The van der Waals surface area contributed by atoms with Gasteiger partial charge >= 0.3 is 0 Å². The molecule has 0 atom stereocenters. The first-order valence-corrected chi connectivity index (χ1v) is 9.75. The smallest absolute Gasteiger partial charge is 0.249 e. The number of amides is 2. The maximum atomic E-state index is 12.3. The highest BCUT2D eigenvalue weighted by atomic mass is 16.5. The maximum absolute atomic E-state index is 12.3. The summed E-state index contributed by atoms with van der Waals surface area (Å²) < 4.78 is 5.30. The Balaban J connectivity index is 1.53. The van der Waals surface area contributed by atoms with Crippen LogP contribution in [0.3, 0.4) is 0 Å². The van der Waals surface area contributed by atoms with Gasteiger partial charge < -0.3 is 20.8 Å². The first kappa shape index (κ1) is 19.8. The van der Waals surface area contributed by atoms with Crippen molar-refractivity contribution in [3.8, 4) is 0 Å². The lowest BCUT2D eigenvalue weighted by atomic mass is 10.0. The van der Waals surface area contributed by atoms with Crippen LogP contribution in [0.25, 0.3) is 22.7 Å². The van der Waals surface area contributed by atoms with Gasteiger partial charge in [0.1, 0.15) is 11.5 Å². The molecule has 4 N–H and O–H groups in total. The number of primary amides is 1. The molecule has 8 heteroatoms. The molecular formula is C22H23N5O3. The molecule has 8 nitrogen and oxygen atoms in total. The average molecular weight is 405 g/mol. The highest BCUT2D eigenvalue weighted by molar-refractivity contribution is 6.24. The number of hydrogen-bond donors (Lipinski definition) is 3. The number of carbonyl (C=O) groups excluding carboxylic acids is 2. The highest BCUT2D eigenvalue weighted by Crippen LogP contribution is 2.24. The minimum absolute atomic E-state index is 0.115. The van der Waals surface area contributed by atoms with E-state index in [9.17, 15) is 9.59 Å². The minimum Gasteiger partial charge on any atom is -0.379 e. The number of morpholine rings is 1. The number of nitrogens with zero attached hydrogens (tertiary/aromatic N) is 2. The number of nitrogens with one attached hydrogen (secondary N) is 2. The van der Waals surface area contributed by atoms with E-state index in [-0.39, 0.29) is 5.91 Å². The number of anilines is 1. The van der Waals surface area contributed by atoms with Crippen LogP contribution in [0.5, 0.6) is 0 Å². The number of H-pyrrole nitrogens is 1. The van der Waals surface area contributed by atoms with Crippen molar-refractivity contribution in [1.82, 2.24) is 14.9 Å². The van der Waals surface area contributed by atoms with E-state index >= 15 is 0 Å². The molecule has 154 valence electrons. The summed E-state index contributed by atoms with van der Waals surface area (Å²) in [7, 11) is 0. The number of benzene rings is 1. The molecule has 0 bridgehead atoms. The molecular weight excluding hydrogens is 382 g/mol. The highest BCUT2D eigenvalue weighted by Gasteiger charge is 2.15. The van der Waals surface area contributed by atoms with E-state index in [2.05, 4.69) is 15.3 Å². The molecule has 0 unspecified atom stereocenters. The van der Waals surface area contributed by atoms with Gasteiger partial charge in [-0.25, -0.2) is 4.98 Å². The topological polar surface area (TPSA) is 113 Å². The van der Waals surface area contributed by atoms with Gasteiger partial charge in [0.05, 0.1) is 19.8 Å². The van der Waals surface area contributed by atoms with Gasteiger partial charge in [0.2, 0.25) is 11.8 Å². The Hall–Kier alpha value is -3.49. The van der Waals surface area contributed by atoms with E-state index in [0.717, 1.165) is 29.6 Å². The summed E-state index contributed by atoms with van der Waals surface area (Å²) in [6, 6.07) is 12.9. The van der Waals surface area contributed by atoms with Crippen molar-refractivity contribution < 1.29 is 14.3 Å². The number of ether oxygens (including phenoxy) is 1. The lowest BCUT2D eigenvalue weighted by Gasteiger charge is -2.25. The zero-order valence-electron chi connectivity index (χ0n) is 16.4. The van der Waals surface area contributed by atoms with Gasteiger partial charge in [0.15, 0.2) is 0 Å². The summed E-state index contributed by atoms with van der Waals surface area (Å²) in [4.78, 5) is 33.9. The average Bonchev–Trinajstić information content (AvgIpc) is 3.15. The molecule has 1 fully saturated rings. The Labute approximate surface area is 173 Å². The summed E-state index contributed by atoms with van der Waals surface area (Å²) in [5, 5.41) is 3.66. The third-order valence-corrected chi connectivity index (χ3v) is 4.96. The molecule has 30 heavy (non-hydrogen) atoms. The van der Waals surface area contributed by atoms with E-state index in [4.69, 9.17) is 10.5 Å². The maximum Gasteiger partial charge on any atom is 0.249 e. The van der Waals surface area contributed by atoms with Crippen molar-refractivity contribution in [3.05, 3.63) is 59.8 Å². The number of nitrogens with two attached hydrogens (primary N) is 1. The van der Waals surface area contributed by atoms with E-state index in [1.165, 1.54) is 0 Å². The van der Waals surface area contributed by atoms with Gasteiger partial charge in [-0.05, 0) is 23.8 Å². The number of aromatic nitrogens is 2. The number of fused-ring (bicyclic) bond motifs is 1. The fourth-order valence-corrected chi connectivity index (χ4v) is 3.43. The predicted octanol–water partition coefficient (Wildman–Crippen LogP) is 1.86. The van der Waals surface area contributed by atoms with Gasteiger partial charge in [0.25, 0.3) is 0 Å². The second-order valence-corrected chi connectivity index (χ2v) is 7.06. The minimum atomic E-state index is -0.504. The zero-order chi connectivity index (χ0) is 20.9. The monoisotopic (exact) mass is 405 g/mol. The van der Waals surface area contributed by atoms with Crippen LogP contribution in [0.2, 0.25) is 0 Å². The molecule has 4 rings (SSSR count). The first-order chi connectivity index (χ1) is 14.6. The van der Waals surface area contributed by atoms with E-state index in [1.807, 2.05) is 41.3 Å². The van der Waals surface area contributed by atoms with Crippen LogP contribution in [0, 0.1) is 0 Å². The van der Waals surface area contributed by atoms with Crippen LogP contribution in [0.1, 0.15) is 11.1 Å². The molecule has 0 spiro atoms. The van der Waals surface area contributed by atoms with Crippen LogP contribution in [-0.2, 0) is 14.3 Å². The summed E-state index contributed by atoms with van der Waals surface area (Å²) >= 11 is 0. The number of rotatable bonds is 6. The quantitative estimate of drug-likeness (QED) is 0.542. The van der Waals surface area contributed by atoms with Crippen LogP contribution >= 0.6 is 0 Å². The summed E-state index contributed by atoms with van der Waals surface area (Å²) in [5.74, 6) is -0.151. The Morgan fingerprint density at radius 2 is 1.93 bits per heavy atom. The molecule has 0 radical (unpaired) electrons. The standard InChI is InChI=1S/C22H23N5O3/c23-21(29)18(15-4-2-1-3-5-15)12-16-13-24-22-17(16)6-7-19(26-22)25-20(28)14-27-8-10-30-11-9-27/h1-7,12-13H,8-11,14H2,(H2,23,29)(H2,24,25,26,28). The lowest BCUT2D eigenvalue weighted by Crippen LogP contribution is -2.41. The molecule has 0 aliphatic carbocycles. The van der Waals surface area contributed by atoms with Crippen molar-refractivity contribution >= 4 is 40.3 Å². The summed E-state index contributed by atoms with van der Waals surface area (Å²) in [6.07, 6.45) is 3.51. The van der Waals surface area contributed by atoms with Gasteiger partial charge in [-0.2, -0.15) is 0 Å². The molecule has 1 aliphatic heterocycles. The van der Waals surface area contributed by atoms with E-state index in [0.29, 0.717) is 36.8 Å². The first-order valence-electron chi connectivity index (χ1n) is 9.75. The third kappa shape index (κ3) is 4.56. The Morgan fingerprint density at radius 1 is 1.17 bits per heavy atom. The number of carbonyl (C=O) groups is 2. The third-order valence-electron chi connectivity index (χ3n) is 4.96. The fourth-order valence-electron chi connectivity index (χ4n) is 3.43. The van der Waals surface area contributed by atoms with E-state index in [1.54, 1.807) is 18.3 Å². The second kappa shape index (κ2) is 8.89. The molecule has 2 aromatic heterocycles. The second-order valence-electron chi connectivity index (χ2n) is 7.06.